The average Bonchev–Trinajstić information content (AvgIpc) is 3.32. The lowest BCUT2D eigenvalue weighted by molar-refractivity contribution is -0.0450. The summed E-state index contributed by atoms with van der Waals surface area (Å²) in [5.74, 6) is 0.684. The number of carbonyl (C=O) groups is 1. The third-order valence-corrected chi connectivity index (χ3v) is 5.75. The summed E-state index contributed by atoms with van der Waals surface area (Å²) in [5.41, 5.74) is 1.68. The van der Waals surface area contributed by atoms with E-state index >= 15 is 0 Å². The molecule has 5 nitrogen and oxygen atoms in total. The second-order valence-electron chi connectivity index (χ2n) is 8.29. The van der Waals surface area contributed by atoms with Crippen LogP contribution in [0, 0.1) is 5.92 Å². The molecule has 2 aromatic rings. The van der Waals surface area contributed by atoms with Gasteiger partial charge in [0, 0.05) is 43.3 Å². The number of rotatable bonds is 4. The van der Waals surface area contributed by atoms with E-state index in [-0.39, 0.29) is 11.5 Å². The highest BCUT2D eigenvalue weighted by Gasteiger charge is 2.44. The molecule has 0 radical (unpaired) electrons. The zero-order chi connectivity index (χ0) is 18.9. The number of hydrogen-bond donors (Lipinski definition) is 0. The molecular formula is C22H29N3O2. The van der Waals surface area contributed by atoms with Crippen molar-refractivity contribution in [3.05, 3.63) is 54.4 Å². The number of piperidine rings is 1. The van der Waals surface area contributed by atoms with Gasteiger partial charge in [-0.25, -0.2) is 0 Å². The average molecular weight is 367 g/mol. The molecule has 1 aromatic carbocycles. The molecule has 2 unspecified atom stereocenters. The minimum Gasteiger partial charge on any atom is -0.373 e. The number of carbonyl (C=O) groups excluding carboxylic acids is 1. The summed E-state index contributed by atoms with van der Waals surface area (Å²) >= 11 is 0. The fourth-order valence-electron chi connectivity index (χ4n) is 4.59. The first-order valence-corrected chi connectivity index (χ1v) is 9.86. The molecule has 2 atom stereocenters. The van der Waals surface area contributed by atoms with Gasteiger partial charge < -0.3 is 19.1 Å². The Labute approximate surface area is 161 Å². The van der Waals surface area contributed by atoms with Crippen molar-refractivity contribution in [2.24, 2.45) is 5.92 Å². The monoisotopic (exact) mass is 367 g/mol. The van der Waals surface area contributed by atoms with Crippen molar-refractivity contribution in [3.63, 3.8) is 0 Å². The van der Waals surface area contributed by atoms with Gasteiger partial charge in [-0.15, -0.1) is 0 Å². The summed E-state index contributed by atoms with van der Waals surface area (Å²) in [6, 6.07) is 11.9. The van der Waals surface area contributed by atoms with Gasteiger partial charge in [-0.05, 0) is 75.7 Å². The fraction of sp³-hybridized carbons (Fsp3) is 0.500. The molecule has 0 aliphatic carbocycles. The van der Waals surface area contributed by atoms with Gasteiger partial charge in [0.15, 0.2) is 0 Å². The first-order valence-electron chi connectivity index (χ1n) is 9.86. The predicted molar refractivity (Wildman–Crippen MR) is 106 cm³/mol. The van der Waals surface area contributed by atoms with Gasteiger partial charge in [-0.3, -0.25) is 4.79 Å². The maximum absolute atomic E-state index is 13.1. The quantitative estimate of drug-likeness (QED) is 0.834. The van der Waals surface area contributed by atoms with Gasteiger partial charge in [0.2, 0.25) is 0 Å². The Kier molecular flexibility index (Phi) is 5.06. The second kappa shape index (κ2) is 7.49. The molecule has 5 heteroatoms. The van der Waals surface area contributed by atoms with E-state index in [2.05, 4.69) is 19.0 Å². The van der Waals surface area contributed by atoms with E-state index < -0.39 is 0 Å². The molecule has 0 N–H and O–H groups in total. The van der Waals surface area contributed by atoms with Crippen LogP contribution in [-0.4, -0.2) is 66.2 Å². The van der Waals surface area contributed by atoms with Crippen LogP contribution in [0.15, 0.2) is 48.8 Å². The van der Waals surface area contributed by atoms with Crippen LogP contribution in [0.2, 0.25) is 0 Å². The number of amides is 1. The van der Waals surface area contributed by atoms with Crippen LogP contribution in [0.1, 0.15) is 29.6 Å². The van der Waals surface area contributed by atoms with Crippen LogP contribution in [0.4, 0.5) is 0 Å². The van der Waals surface area contributed by atoms with E-state index in [0.717, 1.165) is 56.8 Å². The summed E-state index contributed by atoms with van der Waals surface area (Å²) < 4.78 is 8.30. The van der Waals surface area contributed by atoms with Gasteiger partial charge in [-0.2, -0.15) is 0 Å². The van der Waals surface area contributed by atoms with Crippen LogP contribution >= 0.6 is 0 Å². The normalized spacial score (nSPS) is 25.4. The minimum atomic E-state index is -0.139. The van der Waals surface area contributed by atoms with Crippen molar-refractivity contribution in [1.29, 1.82) is 0 Å². The highest BCUT2D eigenvalue weighted by atomic mass is 16.5. The van der Waals surface area contributed by atoms with Gasteiger partial charge in [0.05, 0.1) is 12.2 Å². The van der Waals surface area contributed by atoms with Crippen LogP contribution < -0.4 is 0 Å². The summed E-state index contributed by atoms with van der Waals surface area (Å²) in [6.07, 6.45) is 7.15. The molecule has 0 saturated carbocycles. The highest BCUT2D eigenvalue weighted by molar-refractivity contribution is 5.94. The first-order chi connectivity index (χ1) is 13.0. The number of benzene rings is 1. The van der Waals surface area contributed by atoms with E-state index in [1.165, 1.54) is 0 Å². The molecule has 0 bridgehead atoms. The highest BCUT2D eigenvalue weighted by Crippen LogP contribution is 2.38. The standard InChI is InChI=1S/C22H29N3O2/c1-23(2)15-18-14-22(27-16-18)10-5-13-25(17-22)21(26)19-6-8-20(9-7-19)24-11-3-4-12-24/h3-4,6-9,11-12,18H,5,10,13-17H2,1-2H3. The lowest BCUT2D eigenvalue weighted by atomic mass is 9.86. The molecule has 144 valence electrons. The SMILES string of the molecule is CN(C)CC1COC2(CCCN(C(=O)c3ccc(-n4cccc4)cc3)C2)C1. The largest absolute Gasteiger partial charge is 0.373 e. The maximum atomic E-state index is 13.1. The molecule has 2 fully saturated rings. The van der Waals surface area contributed by atoms with E-state index in [9.17, 15) is 4.79 Å². The summed E-state index contributed by atoms with van der Waals surface area (Å²) in [7, 11) is 4.22. The Balaban J connectivity index is 1.43. The second-order valence-corrected chi connectivity index (χ2v) is 8.29. The number of ether oxygens (including phenoxy) is 1. The summed E-state index contributed by atoms with van der Waals surface area (Å²) in [4.78, 5) is 17.3. The van der Waals surface area contributed by atoms with Crippen molar-refractivity contribution >= 4 is 5.91 Å². The smallest absolute Gasteiger partial charge is 0.253 e. The molecular weight excluding hydrogens is 338 g/mol. The van der Waals surface area contributed by atoms with E-state index in [1.807, 2.05) is 58.3 Å². The maximum Gasteiger partial charge on any atom is 0.253 e. The Morgan fingerprint density at radius 3 is 2.67 bits per heavy atom. The lowest BCUT2D eigenvalue weighted by Gasteiger charge is -2.40. The predicted octanol–water partition coefficient (Wildman–Crippen LogP) is 3.05. The molecule has 2 aliphatic rings. The fourth-order valence-corrected chi connectivity index (χ4v) is 4.59. The summed E-state index contributed by atoms with van der Waals surface area (Å²) in [6.45, 7) is 3.40. The zero-order valence-corrected chi connectivity index (χ0v) is 16.3. The molecule has 2 aliphatic heterocycles. The number of nitrogens with zero attached hydrogens (tertiary/aromatic N) is 3. The van der Waals surface area contributed by atoms with Crippen LogP contribution in [0.5, 0.6) is 0 Å². The molecule has 1 aromatic heterocycles. The number of aromatic nitrogens is 1. The van der Waals surface area contributed by atoms with Crippen LogP contribution in [-0.2, 0) is 4.74 Å². The van der Waals surface area contributed by atoms with E-state index in [0.29, 0.717) is 5.92 Å². The summed E-state index contributed by atoms with van der Waals surface area (Å²) in [5, 5.41) is 0. The van der Waals surface area contributed by atoms with Crippen molar-refractivity contribution in [2.45, 2.75) is 24.9 Å². The Morgan fingerprint density at radius 2 is 1.96 bits per heavy atom. The Hall–Kier alpha value is -2.11. The zero-order valence-electron chi connectivity index (χ0n) is 16.3. The number of likely N-dealkylation sites (tertiary alicyclic amines) is 1. The molecule has 4 rings (SSSR count). The minimum absolute atomic E-state index is 0.118. The molecule has 1 spiro atoms. The van der Waals surface area contributed by atoms with Gasteiger partial charge in [0.25, 0.3) is 5.91 Å². The number of hydrogen-bond acceptors (Lipinski definition) is 3. The van der Waals surface area contributed by atoms with Gasteiger partial charge in [-0.1, -0.05) is 0 Å². The van der Waals surface area contributed by atoms with Gasteiger partial charge in [0.1, 0.15) is 0 Å². The molecule has 2 saturated heterocycles. The van der Waals surface area contributed by atoms with Gasteiger partial charge >= 0.3 is 0 Å². The topological polar surface area (TPSA) is 37.7 Å². The first kappa shape index (κ1) is 18.3. The van der Waals surface area contributed by atoms with Crippen molar-refractivity contribution in [1.82, 2.24) is 14.4 Å². The van der Waals surface area contributed by atoms with Crippen molar-refractivity contribution in [2.75, 3.05) is 40.3 Å². The lowest BCUT2D eigenvalue weighted by Crippen LogP contribution is -2.50. The molecule has 3 heterocycles. The van der Waals surface area contributed by atoms with Crippen LogP contribution in [0.3, 0.4) is 0 Å². The van der Waals surface area contributed by atoms with E-state index in [1.54, 1.807) is 0 Å². The van der Waals surface area contributed by atoms with Crippen molar-refractivity contribution in [3.8, 4) is 5.69 Å². The molecule has 1 amide bonds. The Morgan fingerprint density at radius 1 is 1.22 bits per heavy atom. The molecule has 27 heavy (non-hydrogen) atoms. The third-order valence-electron chi connectivity index (χ3n) is 5.75. The Bertz CT molecular complexity index is 769. The third kappa shape index (κ3) is 3.94. The van der Waals surface area contributed by atoms with E-state index in [4.69, 9.17) is 4.74 Å². The van der Waals surface area contributed by atoms with Crippen molar-refractivity contribution < 1.29 is 9.53 Å². The van der Waals surface area contributed by atoms with Crippen LogP contribution in [0.25, 0.3) is 5.69 Å².